The average Bonchev–Trinajstić information content (AvgIpc) is 1.60. The van der Waals surface area contributed by atoms with Crippen molar-refractivity contribution in [3.05, 3.63) is 191 Å². The minimum Gasteiger partial charge on any atom is -0.396 e. The fraction of sp³-hybridized carbons (Fsp3) is 0.476. The zero-order chi connectivity index (χ0) is 98.7. The van der Waals surface area contributed by atoms with E-state index in [9.17, 15) is 34.2 Å². The van der Waals surface area contributed by atoms with Crippen LogP contribution in [0, 0.1) is 52.3 Å². The number of anilines is 9. The number of aromatic amines is 4. The summed E-state index contributed by atoms with van der Waals surface area (Å²) in [5.74, 6) is 12.8. The normalized spacial score (nSPS) is 19.7. The average molecular weight is 1940 g/mol. The molecule has 0 radical (unpaired) electrons. The number of aliphatic hydroxyl groups is 2. The van der Waals surface area contributed by atoms with Gasteiger partial charge in [-0.05, 0) is 194 Å². The first-order valence-electron chi connectivity index (χ1n) is 51.2. The van der Waals surface area contributed by atoms with Gasteiger partial charge in [0.2, 0.25) is 0 Å². The van der Waals surface area contributed by atoms with Crippen LogP contribution in [-0.4, -0.2) is 192 Å². The molecule has 1 unspecified atom stereocenters. The van der Waals surface area contributed by atoms with Crippen molar-refractivity contribution in [3.63, 3.8) is 0 Å². The third-order valence-electron chi connectivity index (χ3n) is 28.8. The van der Waals surface area contributed by atoms with Crippen LogP contribution in [0.1, 0.15) is 221 Å². The summed E-state index contributed by atoms with van der Waals surface area (Å²) >= 11 is 0. The Balaban J connectivity index is 0.000000109. The van der Waals surface area contributed by atoms with Crippen molar-refractivity contribution in [1.82, 2.24) is 109 Å². The molecule has 18 N–H and O–H groups in total. The summed E-state index contributed by atoms with van der Waals surface area (Å²) in [4.78, 5) is 95.5. The van der Waals surface area contributed by atoms with Gasteiger partial charge in [0.15, 0.2) is 28.2 Å². The molecule has 12 fully saturated rings. The van der Waals surface area contributed by atoms with Gasteiger partial charge in [0.1, 0.15) is 74.0 Å². The second kappa shape index (κ2) is 41.6. The van der Waals surface area contributed by atoms with Gasteiger partial charge in [-0.25, -0.2) is 29.4 Å². The van der Waals surface area contributed by atoms with Crippen LogP contribution in [0.2, 0.25) is 0 Å². The summed E-state index contributed by atoms with van der Waals surface area (Å²) < 4.78 is 9.15. The standard InChI is InChI=1S/C23H30N6O2.C21H28N6O2.C21H26N6O.C20H25N7O.C20H24N6O/c1-15-8-17(22(31)27-15)9-18-12-26-29-20(24-11-16-4-5-16)10-19(28-21(18)29)25-13-23(14-30)6-2-3-7-23;1-13-24-17(20(29)25-13)8-15-10-23-27-16(7-6-14-4-5-14)9-18(26-19(15)27)22-11-21(2,3)12-28;1-12-7-16(21(28)24-12)8-17-11-23-27-19(22-10-14-3-4-14)9-18(26-20(17)27)25-13(2)15-5-6-15;1-12-23-16(20(28)24-12)8-14-11-22-27-18(21-10-13-6-7-13)9-17(26-19(14)27)25-15-4-2-3-5-15;1-12-6-15(20(27)24-12)7-16-11-23-26-18(22-10-14-4-5-14)8-17(25-19(16)26)21-9-13-2-3-13/h9-10,12,16,24,30H,1-8,11,13-14H2,(H,25,28)(H,27,31);8-10,14,24,28H,1,4-7,11-12H2,2-3H3,(H,22,26)(H,25,29);8-9,11,13-15,22H,1,3-7,10H2,2H3,(H,24,28)(H,25,26);8-9,11,13,15,21,23H,1-7,10H2,(H,24,28)(H,25,26);7-8,11,13-14,22H,1-6,9-10H2,(H,21,25)(H,24,27)/b17-9+;17-8-;16-8+;16-8-;15-7+. The Bertz CT molecular complexity index is 7310. The topological polar surface area (TPSA) is 484 Å². The molecule has 24 rings (SSSR count). The van der Waals surface area contributed by atoms with Gasteiger partial charge in [0, 0.05) is 192 Å². The molecule has 38 heteroatoms. The second-order valence-electron chi connectivity index (χ2n) is 42.3. The van der Waals surface area contributed by atoms with E-state index in [1.54, 1.807) is 47.7 Å². The number of fused-ring (bicyclic) bond motifs is 5. The third-order valence-corrected chi connectivity index (χ3v) is 28.8. The van der Waals surface area contributed by atoms with Crippen LogP contribution in [0.3, 0.4) is 0 Å². The maximum absolute atomic E-state index is 12.1. The van der Waals surface area contributed by atoms with E-state index in [1.165, 1.54) is 116 Å². The molecule has 0 bridgehead atoms. The maximum atomic E-state index is 12.1. The molecule has 9 saturated carbocycles. The van der Waals surface area contributed by atoms with E-state index < -0.39 is 0 Å². The van der Waals surface area contributed by atoms with Crippen molar-refractivity contribution in [2.45, 2.75) is 206 Å². The Kier molecular flexibility index (Phi) is 28.0. The van der Waals surface area contributed by atoms with Crippen LogP contribution in [0.15, 0.2) is 124 Å². The first-order valence-corrected chi connectivity index (χ1v) is 51.2. The predicted molar refractivity (Wildman–Crippen MR) is 559 cm³/mol. The molecule has 1 atom stereocenters. The lowest BCUT2D eigenvalue weighted by atomic mass is 9.87. The molecule has 12 aromatic rings. The number of amides is 3. The van der Waals surface area contributed by atoms with Crippen molar-refractivity contribution >= 4 is 142 Å². The maximum Gasteiger partial charge on any atom is 0.273 e. The van der Waals surface area contributed by atoms with Crippen molar-refractivity contribution in [3.8, 4) is 0 Å². The predicted octanol–water partition coefficient (Wildman–Crippen LogP) is 10.8. The highest BCUT2D eigenvalue weighted by Gasteiger charge is 2.36. The summed E-state index contributed by atoms with van der Waals surface area (Å²) in [6, 6.07) is 11.0. The van der Waals surface area contributed by atoms with Gasteiger partial charge in [0.25, 0.3) is 28.8 Å². The molecule has 38 nitrogen and oxygen atoms in total. The number of H-pyrrole nitrogens is 4. The summed E-state index contributed by atoms with van der Waals surface area (Å²) in [5, 5.41) is 82.8. The highest BCUT2D eigenvalue weighted by Crippen LogP contribution is 2.42. The quantitative estimate of drug-likeness (QED) is 0.0162. The minimum absolute atomic E-state index is 0.0667. The smallest absolute Gasteiger partial charge is 0.273 e. The Morgan fingerprint density at radius 3 is 1.17 bits per heavy atom. The SMILES string of the molecule is C=C1C/C(=C\c2cnn3c(NCC4CC4)cc(NC(C)C4CC4)nc23)C(=O)N1.C=C1C/C(=C\c2cnn3c(NCC4CC4)cc(NCC4(CO)CCCC4)nc23)C(=O)N1.C=C1C/C(=C\c2cnn3c(NCC4CC4)cc(NCC4CC4)nc23)C(=O)N1.C=c1[nH]c(=O)/c(=C/c2cnn3c(CCC4CC4)cc(NCC(C)(C)CO)nc23)[nH]1.C=c1[nH]c(=O)/c(=C/c2cnn3c(NCC4CC4)cc(NC4CCCC4)nc23)[nH]1. The highest BCUT2D eigenvalue weighted by atomic mass is 16.3. The zero-order valence-corrected chi connectivity index (χ0v) is 82.0. The fourth-order valence-corrected chi connectivity index (χ4v) is 18.7. The lowest BCUT2D eigenvalue weighted by molar-refractivity contribution is -0.116. The molecule has 12 aliphatic rings. The minimum atomic E-state index is -0.251. The molecule has 3 amide bonds. The Hall–Kier alpha value is -14.4. The van der Waals surface area contributed by atoms with E-state index in [2.05, 4.69) is 149 Å². The Morgan fingerprint density at radius 1 is 0.427 bits per heavy atom. The summed E-state index contributed by atoms with van der Waals surface area (Å²) in [6.45, 7) is 31.5. The molecular formula is C105H133N31O7. The van der Waals surface area contributed by atoms with Gasteiger partial charge in [-0.2, -0.15) is 43.6 Å². The van der Waals surface area contributed by atoms with Crippen LogP contribution < -0.4 is 96.6 Å². The number of nitrogens with one attached hydrogen (secondary N) is 16. The summed E-state index contributed by atoms with van der Waals surface area (Å²) in [5.41, 5.74) is 13.2. The molecule has 0 spiro atoms. The third kappa shape index (κ3) is 24.3. The first-order chi connectivity index (χ1) is 69.3. The molecule has 143 heavy (non-hydrogen) atoms. The van der Waals surface area contributed by atoms with Crippen LogP contribution in [0.25, 0.3) is 71.8 Å². The van der Waals surface area contributed by atoms with Crippen LogP contribution in [0.5, 0.6) is 0 Å². The molecular weight excluding hydrogens is 1810 g/mol. The number of imidazole rings is 2. The lowest BCUT2D eigenvalue weighted by Crippen LogP contribution is -2.30. The Morgan fingerprint density at radius 2 is 0.790 bits per heavy atom. The first kappa shape index (κ1) is 96.1. The van der Waals surface area contributed by atoms with E-state index in [0.717, 1.165) is 227 Å². The van der Waals surface area contributed by atoms with Crippen LogP contribution >= 0.6 is 0 Å². The number of allylic oxidation sites excluding steroid dienone is 3. The second-order valence-corrected chi connectivity index (χ2v) is 42.3. The number of nitrogens with zero attached hydrogens (tertiary/aromatic N) is 15. The molecule has 12 aromatic heterocycles. The van der Waals surface area contributed by atoms with Gasteiger partial charge in [0.05, 0.1) is 37.6 Å². The molecule has 0 aromatic carbocycles. The van der Waals surface area contributed by atoms with Crippen LogP contribution in [-0.2, 0) is 20.8 Å². The van der Waals surface area contributed by atoms with Gasteiger partial charge in [-0.3, -0.25) is 24.0 Å². The molecule has 750 valence electrons. The van der Waals surface area contributed by atoms with Crippen molar-refractivity contribution in [2.75, 3.05) is 107 Å². The van der Waals surface area contributed by atoms with Crippen molar-refractivity contribution in [1.29, 1.82) is 0 Å². The number of aryl methyl sites for hydroxylation is 1. The Labute approximate surface area is 826 Å². The zero-order valence-electron chi connectivity index (χ0n) is 82.0. The van der Waals surface area contributed by atoms with Crippen molar-refractivity contribution in [2.24, 2.45) is 52.3 Å². The summed E-state index contributed by atoms with van der Waals surface area (Å²) in [7, 11) is 0. The largest absolute Gasteiger partial charge is 0.396 e. The van der Waals surface area contributed by atoms with Gasteiger partial charge >= 0.3 is 0 Å². The lowest BCUT2D eigenvalue weighted by Gasteiger charge is -2.27. The number of aromatic nitrogens is 19. The van der Waals surface area contributed by atoms with E-state index in [-0.39, 0.29) is 52.9 Å². The van der Waals surface area contributed by atoms with Gasteiger partial charge < -0.3 is 94.0 Å². The number of carbonyl (C=O) groups is 3. The van der Waals surface area contributed by atoms with E-state index in [4.69, 9.17) is 24.9 Å². The molecule has 3 saturated heterocycles. The van der Waals surface area contributed by atoms with E-state index >= 15 is 0 Å². The molecule has 15 heterocycles. The van der Waals surface area contributed by atoms with E-state index in [0.29, 0.717) is 99.8 Å². The number of hydrogen-bond acceptors (Lipinski definition) is 26. The van der Waals surface area contributed by atoms with Crippen molar-refractivity contribution < 1.29 is 24.6 Å². The van der Waals surface area contributed by atoms with Gasteiger partial charge in [-0.15, -0.1) is 0 Å². The number of rotatable bonds is 36. The number of hydrogen-bond donors (Lipinski definition) is 18. The monoisotopic (exact) mass is 1940 g/mol. The fourth-order valence-electron chi connectivity index (χ4n) is 18.7. The molecule has 3 aliphatic heterocycles. The van der Waals surface area contributed by atoms with E-state index in [1.807, 2.05) is 80.5 Å². The van der Waals surface area contributed by atoms with Gasteiger partial charge in [-0.1, -0.05) is 85.3 Å². The highest BCUT2D eigenvalue weighted by molar-refractivity contribution is 6.04. The van der Waals surface area contributed by atoms with Crippen LogP contribution in [0.4, 0.5) is 52.4 Å². The molecule has 9 aliphatic carbocycles. The number of carbonyl (C=O) groups excluding carboxylic acids is 3. The number of aliphatic hydroxyl groups excluding tert-OH is 2. The summed E-state index contributed by atoms with van der Waals surface area (Å²) in [6.07, 6.45) is 48.9.